The number of hydrogen-bond acceptors (Lipinski definition) is 6. The number of anilines is 1. The third kappa shape index (κ3) is 5.90. The van der Waals surface area contributed by atoms with Gasteiger partial charge in [-0.1, -0.05) is 0 Å². The van der Waals surface area contributed by atoms with Gasteiger partial charge in [-0.3, -0.25) is 14.5 Å². The average Bonchev–Trinajstić information content (AvgIpc) is 3.10. The van der Waals surface area contributed by atoms with Gasteiger partial charge in [0.2, 0.25) is 5.91 Å². The van der Waals surface area contributed by atoms with Gasteiger partial charge in [-0.2, -0.15) is 5.10 Å². The Morgan fingerprint density at radius 1 is 1.28 bits per heavy atom. The maximum atomic E-state index is 11.5. The van der Waals surface area contributed by atoms with Crippen molar-refractivity contribution in [1.82, 2.24) is 35.3 Å². The highest BCUT2D eigenvalue weighted by atomic mass is 127. The molecule has 1 amide bonds. The number of amides is 1. The van der Waals surface area contributed by atoms with Crippen LogP contribution in [0.5, 0.6) is 0 Å². The van der Waals surface area contributed by atoms with Gasteiger partial charge in [0, 0.05) is 53.7 Å². The number of halogens is 1. The molecule has 0 aliphatic carbocycles. The summed E-state index contributed by atoms with van der Waals surface area (Å²) in [7, 11) is 5.36. The minimum Gasteiger partial charge on any atom is -0.368 e. The molecule has 0 saturated carbocycles. The topological polar surface area (TPSA) is 112 Å². The Hall–Kier alpha value is -2.18. The molecule has 3 heterocycles. The van der Waals surface area contributed by atoms with Crippen molar-refractivity contribution in [3.63, 3.8) is 0 Å². The van der Waals surface area contributed by atoms with Gasteiger partial charge in [-0.05, 0) is 18.8 Å². The summed E-state index contributed by atoms with van der Waals surface area (Å²) < 4.78 is 1.73. The van der Waals surface area contributed by atoms with Crippen molar-refractivity contribution in [2.75, 3.05) is 45.6 Å². The van der Waals surface area contributed by atoms with Crippen molar-refractivity contribution in [2.24, 2.45) is 18.0 Å². The van der Waals surface area contributed by atoms with Gasteiger partial charge in [0.1, 0.15) is 12.1 Å². The predicted molar refractivity (Wildman–Crippen MR) is 125 cm³/mol. The smallest absolute Gasteiger partial charge is 0.220 e. The van der Waals surface area contributed by atoms with Crippen LogP contribution < -0.4 is 16.0 Å². The Kier molecular flexibility index (Phi) is 8.86. The molecule has 0 atom stereocenters. The van der Waals surface area contributed by atoms with E-state index in [0.29, 0.717) is 18.9 Å². The van der Waals surface area contributed by atoms with Crippen molar-refractivity contribution >= 4 is 52.7 Å². The molecule has 10 nitrogen and oxygen atoms in total. The SMILES string of the molecule is CN=C(NCCNc1ncnc2c1cnn2C)N1CCC(CC(=O)NC)CC1.I. The van der Waals surface area contributed by atoms with E-state index in [4.69, 9.17) is 0 Å². The number of carbonyl (C=O) groups excluding carboxylic acids is 1. The summed E-state index contributed by atoms with van der Waals surface area (Å²) in [5.41, 5.74) is 0.806. The zero-order valence-electron chi connectivity index (χ0n) is 17.2. The van der Waals surface area contributed by atoms with Gasteiger partial charge >= 0.3 is 0 Å². The Bertz CT molecular complexity index is 830. The van der Waals surface area contributed by atoms with E-state index in [1.54, 1.807) is 31.3 Å². The average molecular weight is 515 g/mol. The van der Waals surface area contributed by atoms with E-state index in [2.05, 4.69) is 40.9 Å². The summed E-state index contributed by atoms with van der Waals surface area (Å²) in [4.78, 5) is 26.7. The first-order valence-electron chi connectivity index (χ1n) is 9.65. The lowest BCUT2D eigenvalue weighted by molar-refractivity contribution is -0.121. The number of rotatable bonds is 6. The number of carbonyl (C=O) groups is 1. The molecule has 1 fully saturated rings. The molecule has 0 unspecified atom stereocenters. The summed E-state index contributed by atoms with van der Waals surface area (Å²) in [6.07, 6.45) is 5.94. The number of aliphatic imine (C=N–C) groups is 1. The van der Waals surface area contributed by atoms with Crippen LogP contribution in [0.25, 0.3) is 11.0 Å². The highest BCUT2D eigenvalue weighted by molar-refractivity contribution is 14.0. The van der Waals surface area contributed by atoms with Gasteiger partial charge in [0.15, 0.2) is 11.6 Å². The fourth-order valence-corrected chi connectivity index (χ4v) is 3.50. The van der Waals surface area contributed by atoms with Gasteiger partial charge < -0.3 is 20.9 Å². The van der Waals surface area contributed by atoms with Crippen LogP contribution in [0.2, 0.25) is 0 Å². The molecule has 0 radical (unpaired) electrons. The molecule has 0 bridgehead atoms. The molecule has 0 aromatic carbocycles. The molecule has 2 aromatic heterocycles. The summed E-state index contributed by atoms with van der Waals surface area (Å²) in [6, 6.07) is 0. The lowest BCUT2D eigenvalue weighted by atomic mass is 9.93. The molecule has 1 aliphatic heterocycles. The number of piperidine rings is 1. The van der Waals surface area contributed by atoms with Gasteiger partial charge in [0.05, 0.1) is 11.6 Å². The maximum absolute atomic E-state index is 11.5. The highest BCUT2D eigenvalue weighted by Gasteiger charge is 2.22. The summed E-state index contributed by atoms with van der Waals surface area (Å²) in [5, 5.41) is 14.6. The molecule has 11 heteroatoms. The van der Waals surface area contributed by atoms with Crippen LogP contribution >= 0.6 is 24.0 Å². The zero-order chi connectivity index (χ0) is 19.9. The molecule has 29 heavy (non-hydrogen) atoms. The fraction of sp³-hybridized carbons (Fsp3) is 0.611. The first-order chi connectivity index (χ1) is 13.6. The first-order valence-corrected chi connectivity index (χ1v) is 9.65. The highest BCUT2D eigenvalue weighted by Crippen LogP contribution is 2.20. The Morgan fingerprint density at radius 2 is 2.03 bits per heavy atom. The molecule has 1 aliphatic rings. The second kappa shape index (κ2) is 11.1. The number of guanidine groups is 1. The largest absolute Gasteiger partial charge is 0.368 e. The first kappa shape index (κ1) is 23.1. The van der Waals surface area contributed by atoms with Gasteiger partial charge in [-0.15, -0.1) is 24.0 Å². The van der Waals surface area contributed by atoms with Crippen molar-refractivity contribution in [1.29, 1.82) is 0 Å². The molecule has 2 aromatic rings. The van der Waals surface area contributed by atoms with Crippen molar-refractivity contribution < 1.29 is 4.79 Å². The van der Waals surface area contributed by atoms with Crippen LogP contribution in [0.15, 0.2) is 17.5 Å². The lowest BCUT2D eigenvalue weighted by Crippen LogP contribution is -2.47. The second-order valence-electron chi connectivity index (χ2n) is 6.94. The lowest BCUT2D eigenvalue weighted by Gasteiger charge is -2.34. The van der Waals surface area contributed by atoms with E-state index in [-0.39, 0.29) is 29.9 Å². The third-order valence-electron chi connectivity index (χ3n) is 5.11. The number of nitrogens with zero attached hydrogens (tertiary/aromatic N) is 6. The van der Waals surface area contributed by atoms with E-state index in [1.165, 1.54) is 0 Å². The van der Waals surface area contributed by atoms with Crippen LogP contribution in [-0.2, 0) is 11.8 Å². The number of nitrogens with one attached hydrogen (secondary N) is 3. The summed E-state index contributed by atoms with van der Waals surface area (Å²) in [6.45, 7) is 3.25. The Morgan fingerprint density at radius 3 is 2.72 bits per heavy atom. The predicted octanol–water partition coefficient (Wildman–Crippen LogP) is 0.817. The van der Waals surface area contributed by atoms with E-state index in [1.807, 2.05) is 7.05 Å². The van der Waals surface area contributed by atoms with Crippen LogP contribution in [-0.4, -0.2) is 76.8 Å². The van der Waals surface area contributed by atoms with Crippen LogP contribution in [0.1, 0.15) is 19.3 Å². The number of hydrogen-bond donors (Lipinski definition) is 3. The van der Waals surface area contributed by atoms with Crippen LogP contribution in [0.4, 0.5) is 5.82 Å². The number of fused-ring (bicyclic) bond motifs is 1. The number of aryl methyl sites for hydroxylation is 1. The Labute approximate surface area is 188 Å². The second-order valence-corrected chi connectivity index (χ2v) is 6.94. The van der Waals surface area contributed by atoms with E-state index >= 15 is 0 Å². The molecular formula is C18H30IN9O. The molecular weight excluding hydrogens is 485 g/mol. The molecule has 1 saturated heterocycles. The van der Waals surface area contributed by atoms with Crippen LogP contribution in [0.3, 0.4) is 0 Å². The standard InChI is InChI=1S/C18H29N9O.HI/c1-19-15(28)10-13-4-8-27(9-5-13)18(20-2)22-7-6-21-16-14-11-25-26(3)17(14)24-12-23-16;/h11-13H,4-10H2,1-3H3,(H,19,28)(H,20,22)(H,21,23,24);1H. The van der Waals surface area contributed by atoms with E-state index < -0.39 is 0 Å². The monoisotopic (exact) mass is 515 g/mol. The molecule has 160 valence electrons. The normalized spacial score (nSPS) is 15.1. The number of aromatic nitrogens is 4. The fourth-order valence-electron chi connectivity index (χ4n) is 3.50. The zero-order valence-corrected chi connectivity index (χ0v) is 19.5. The third-order valence-corrected chi connectivity index (χ3v) is 5.11. The molecule has 0 spiro atoms. The Balaban J connectivity index is 0.00000300. The number of likely N-dealkylation sites (tertiary alicyclic amines) is 1. The molecule has 3 N–H and O–H groups in total. The van der Waals surface area contributed by atoms with Crippen molar-refractivity contribution in [2.45, 2.75) is 19.3 Å². The van der Waals surface area contributed by atoms with Gasteiger partial charge in [-0.25, -0.2) is 9.97 Å². The van der Waals surface area contributed by atoms with Crippen molar-refractivity contribution in [3.8, 4) is 0 Å². The van der Waals surface area contributed by atoms with Crippen molar-refractivity contribution in [3.05, 3.63) is 12.5 Å². The minimum absolute atomic E-state index is 0. The van der Waals surface area contributed by atoms with E-state index in [0.717, 1.165) is 55.3 Å². The van der Waals surface area contributed by atoms with Crippen LogP contribution in [0, 0.1) is 5.92 Å². The minimum atomic E-state index is 0. The maximum Gasteiger partial charge on any atom is 0.220 e. The summed E-state index contributed by atoms with van der Waals surface area (Å²) >= 11 is 0. The van der Waals surface area contributed by atoms with Gasteiger partial charge in [0.25, 0.3) is 0 Å². The molecule has 3 rings (SSSR count). The quantitative estimate of drug-likeness (QED) is 0.226. The summed E-state index contributed by atoms with van der Waals surface area (Å²) in [5.74, 6) is 2.26. The van der Waals surface area contributed by atoms with E-state index in [9.17, 15) is 4.79 Å².